The Morgan fingerprint density at radius 2 is 2.14 bits per heavy atom. The minimum atomic E-state index is -0.182. The number of anilines is 1. The molecule has 7 heteroatoms. The summed E-state index contributed by atoms with van der Waals surface area (Å²) in [5.74, 6) is 0.358. The maximum Gasteiger partial charge on any atom is 0.256 e. The number of piperidine rings is 1. The number of amides is 1. The van der Waals surface area contributed by atoms with Crippen molar-refractivity contribution in [1.82, 2.24) is 24.3 Å². The first-order valence-corrected chi connectivity index (χ1v) is 10.0. The van der Waals surface area contributed by atoms with Crippen molar-refractivity contribution in [2.45, 2.75) is 32.2 Å². The summed E-state index contributed by atoms with van der Waals surface area (Å²) in [6.45, 7) is 3.06. The van der Waals surface area contributed by atoms with E-state index in [0.717, 1.165) is 35.1 Å². The summed E-state index contributed by atoms with van der Waals surface area (Å²) < 4.78 is 1.90. The molecule has 1 amide bonds. The Morgan fingerprint density at radius 3 is 3.00 bits per heavy atom. The number of carbonyl (C=O) groups excluding carboxylic acids is 1. The van der Waals surface area contributed by atoms with Gasteiger partial charge in [0, 0.05) is 41.1 Å². The summed E-state index contributed by atoms with van der Waals surface area (Å²) in [6, 6.07) is 8.13. The molecule has 4 aromatic heterocycles. The second-order valence-electron chi connectivity index (χ2n) is 7.87. The Morgan fingerprint density at radius 1 is 1.24 bits per heavy atom. The van der Waals surface area contributed by atoms with Crippen LogP contribution in [0.4, 0.5) is 5.82 Å². The van der Waals surface area contributed by atoms with E-state index in [1.54, 1.807) is 12.4 Å². The van der Waals surface area contributed by atoms with E-state index in [2.05, 4.69) is 38.3 Å². The molecule has 4 aromatic rings. The number of carbonyl (C=O) groups is 1. The topological polar surface area (TPSA) is 78.3 Å². The molecule has 1 aliphatic rings. The van der Waals surface area contributed by atoms with Gasteiger partial charge in [-0.3, -0.25) is 9.69 Å². The molecule has 0 saturated carbocycles. The molecule has 1 fully saturated rings. The van der Waals surface area contributed by atoms with E-state index < -0.39 is 0 Å². The normalized spacial score (nSPS) is 17.8. The van der Waals surface area contributed by atoms with Crippen LogP contribution in [-0.4, -0.2) is 43.8 Å². The highest BCUT2D eigenvalue weighted by molar-refractivity contribution is 6.05. The summed E-state index contributed by atoms with van der Waals surface area (Å²) in [7, 11) is 2.18. The summed E-state index contributed by atoms with van der Waals surface area (Å²) >= 11 is 0. The number of aromatic nitrogens is 4. The van der Waals surface area contributed by atoms with Gasteiger partial charge in [0.2, 0.25) is 0 Å². The number of H-pyrrole nitrogens is 1. The quantitative estimate of drug-likeness (QED) is 0.557. The second kappa shape index (κ2) is 7.00. The third-order valence-corrected chi connectivity index (χ3v) is 5.89. The molecule has 1 aliphatic heterocycles. The van der Waals surface area contributed by atoms with Crippen molar-refractivity contribution in [2.75, 3.05) is 18.9 Å². The minimum Gasteiger partial charge on any atom is -0.357 e. The van der Waals surface area contributed by atoms with Gasteiger partial charge in [0.15, 0.2) is 0 Å². The molecular formula is C22H24N6O. The van der Waals surface area contributed by atoms with Crippen LogP contribution in [0.3, 0.4) is 0 Å². The lowest BCUT2D eigenvalue weighted by Crippen LogP contribution is -2.29. The smallest absolute Gasteiger partial charge is 0.256 e. The molecule has 0 radical (unpaired) electrons. The van der Waals surface area contributed by atoms with Crippen molar-refractivity contribution in [3.63, 3.8) is 0 Å². The highest BCUT2D eigenvalue weighted by Gasteiger charge is 2.22. The summed E-state index contributed by atoms with van der Waals surface area (Å²) in [4.78, 5) is 27.4. The number of nitrogens with zero attached hydrogens (tertiary/aromatic N) is 4. The highest BCUT2D eigenvalue weighted by Crippen LogP contribution is 2.31. The van der Waals surface area contributed by atoms with Crippen LogP contribution in [0.25, 0.3) is 16.4 Å². The zero-order valence-electron chi connectivity index (χ0n) is 16.6. The standard InChI is InChI=1S/C22H24N6O/c1-14-20-10-15(6-8-28(20)13-24-14)22(29)26-21-11-17-16(12-23-21)9-18(25-17)19-5-3-4-7-27(19)2/h6,8-13,19,25H,3-5,7H2,1-2H3,(H,23,26,29)/t19-/m1/s1. The van der Waals surface area contributed by atoms with Crippen LogP contribution in [0.5, 0.6) is 0 Å². The molecule has 1 saturated heterocycles. The molecule has 148 valence electrons. The largest absolute Gasteiger partial charge is 0.357 e. The van der Waals surface area contributed by atoms with E-state index in [1.165, 1.54) is 18.5 Å². The summed E-state index contributed by atoms with van der Waals surface area (Å²) in [5.41, 5.74) is 4.61. The molecule has 29 heavy (non-hydrogen) atoms. The molecule has 0 spiro atoms. The zero-order valence-corrected chi connectivity index (χ0v) is 16.6. The fourth-order valence-electron chi connectivity index (χ4n) is 4.21. The summed E-state index contributed by atoms with van der Waals surface area (Å²) in [6.07, 6.45) is 9.09. The number of hydrogen-bond acceptors (Lipinski definition) is 4. The van der Waals surface area contributed by atoms with Gasteiger partial charge in [-0.25, -0.2) is 9.97 Å². The van der Waals surface area contributed by atoms with Gasteiger partial charge in [0.05, 0.1) is 23.1 Å². The van der Waals surface area contributed by atoms with Gasteiger partial charge >= 0.3 is 0 Å². The van der Waals surface area contributed by atoms with Crippen LogP contribution in [0.15, 0.2) is 43.0 Å². The van der Waals surface area contributed by atoms with Crippen LogP contribution >= 0.6 is 0 Å². The lowest BCUT2D eigenvalue weighted by molar-refractivity contribution is 0.102. The zero-order chi connectivity index (χ0) is 20.0. The Bertz CT molecular complexity index is 1210. The Kier molecular flexibility index (Phi) is 4.32. The van der Waals surface area contributed by atoms with Crippen molar-refractivity contribution in [2.24, 2.45) is 0 Å². The number of hydrogen-bond donors (Lipinski definition) is 2. The Balaban J connectivity index is 1.39. The van der Waals surface area contributed by atoms with Crippen LogP contribution in [0, 0.1) is 6.92 Å². The van der Waals surface area contributed by atoms with Crippen LogP contribution in [0.1, 0.15) is 47.1 Å². The SMILES string of the molecule is Cc1ncn2ccc(C(=O)Nc3cc4[nH]c([C@H]5CCCCN5C)cc4cn3)cc12. The van der Waals surface area contributed by atoms with Crippen molar-refractivity contribution < 1.29 is 4.79 Å². The van der Waals surface area contributed by atoms with E-state index in [0.29, 0.717) is 17.4 Å². The van der Waals surface area contributed by atoms with Gasteiger partial charge in [0.25, 0.3) is 5.91 Å². The molecule has 2 N–H and O–H groups in total. The third kappa shape index (κ3) is 3.27. The van der Waals surface area contributed by atoms with Crippen molar-refractivity contribution >= 4 is 28.1 Å². The van der Waals surface area contributed by atoms with Gasteiger partial charge in [-0.15, -0.1) is 0 Å². The van der Waals surface area contributed by atoms with Gasteiger partial charge in [0.1, 0.15) is 5.82 Å². The molecule has 0 unspecified atom stereocenters. The van der Waals surface area contributed by atoms with E-state index >= 15 is 0 Å². The number of aromatic amines is 1. The second-order valence-corrected chi connectivity index (χ2v) is 7.87. The van der Waals surface area contributed by atoms with E-state index in [9.17, 15) is 4.79 Å². The molecular weight excluding hydrogens is 364 g/mol. The van der Waals surface area contributed by atoms with Crippen molar-refractivity contribution in [3.8, 4) is 0 Å². The maximum atomic E-state index is 12.7. The average molecular weight is 388 g/mol. The van der Waals surface area contributed by atoms with Gasteiger partial charge in [-0.05, 0) is 51.6 Å². The van der Waals surface area contributed by atoms with Crippen LogP contribution in [0.2, 0.25) is 0 Å². The van der Waals surface area contributed by atoms with Crippen LogP contribution < -0.4 is 5.32 Å². The Labute approximate surface area is 168 Å². The predicted molar refractivity (Wildman–Crippen MR) is 113 cm³/mol. The van der Waals surface area contributed by atoms with Gasteiger partial charge in [-0.1, -0.05) is 6.42 Å². The maximum absolute atomic E-state index is 12.7. The van der Waals surface area contributed by atoms with E-state index in [4.69, 9.17) is 0 Å². The first-order chi connectivity index (χ1) is 14.1. The molecule has 0 aromatic carbocycles. The van der Waals surface area contributed by atoms with Gasteiger partial charge in [-0.2, -0.15) is 0 Å². The first kappa shape index (κ1) is 17.9. The minimum absolute atomic E-state index is 0.182. The molecule has 1 atom stereocenters. The number of likely N-dealkylation sites (tertiary alicyclic amines) is 1. The monoisotopic (exact) mass is 388 g/mol. The number of pyridine rings is 2. The molecule has 0 bridgehead atoms. The number of imidazole rings is 1. The van der Waals surface area contributed by atoms with E-state index in [-0.39, 0.29) is 5.91 Å². The third-order valence-electron chi connectivity index (χ3n) is 5.89. The van der Waals surface area contributed by atoms with E-state index in [1.807, 2.05) is 35.9 Å². The number of fused-ring (bicyclic) bond motifs is 2. The first-order valence-electron chi connectivity index (χ1n) is 10.0. The van der Waals surface area contributed by atoms with Crippen LogP contribution in [-0.2, 0) is 0 Å². The summed E-state index contributed by atoms with van der Waals surface area (Å²) in [5, 5.41) is 3.98. The lowest BCUT2D eigenvalue weighted by atomic mass is 10.0. The average Bonchev–Trinajstić information content (AvgIpc) is 3.31. The van der Waals surface area contributed by atoms with Gasteiger partial charge < -0.3 is 14.7 Å². The highest BCUT2D eigenvalue weighted by atomic mass is 16.1. The molecule has 0 aliphatic carbocycles. The molecule has 5 rings (SSSR count). The lowest BCUT2D eigenvalue weighted by Gasteiger charge is -2.31. The van der Waals surface area contributed by atoms with Crippen molar-refractivity contribution in [1.29, 1.82) is 0 Å². The van der Waals surface area contributed by atoms with Crippen molar-refractivity contribution in [3.05, 3.63) is 59.9 Å². The number of rotatable bonds is 3. The number of nitrogens with one attached hydrogen (secondary N) is 2. The predicted octanol–water partition coefficient (Wildman–Crippen LogP) is 3.93. The Hall–Kier alpha value is -3.19. The number of aryl methyl sites for hydroxylation is 1. The fraction of sp³-hybridized carbons (Fsp3) is 0.318. The molecule has 7 nitrogen and oxygen atoms in total. The fourth-order valence-corrected chi connectivity index (χ4v) is 4.21. The molecule has 5 heterocycles.